The third-order valence-corrected chi connectivity index (χ3v) is 3.93. The standard InChI is InChI=1S/C13H17BrN2O2S/c1-9(19-2)12(17)15-6-7-16-13(18)10-4-3-5-11(14)8-10/h3-5,8-9H,6-7H2,1-2H3,(H,15,17)(H,16,18)/t9-/m1/s1. The van der Waals surface area contributed by atoms with Crippen LogP contribution < -0.4 is 10.6 Å². The van der Waals surface area contributed by atoms with Crippen molar-refractivity contribution in [1.82, 2.24) is 10.6 Å². The van der Waals surface area contributed by atoms with Crippen LogP contribution in [-0.2, 0) is 4.79 Å². The van der Waals surface area contributed by atoms with Gasteiger partial charge in [0.25, 0.3) is 5.91 Å². The van der Waals surface area contributed by atoms with E-state index in [1.54, 1.807) is 18.2 Å². The van der Waals surface area contributed by atoms with Gasteiger partial charge in [0, 0.05) is 23.1 Å². The van der Waals surface area contributed by atoms with Gasteiger partial charge in [-0.05, 0) is 31.4 Å². The van der Waals surface area contributed by atoms with Crippen molar-refractivity contribution in [2.45, 2.75) is 12.2 Å². The minimum absolute atomic E-state index is 0.01000. The molecule has 0 spiro atoms. The van der Waals surface area contributed by atoms with E-state index in [9.17, 15) is 9.59 Å². The first-order valence-corrected chi connectivity index (χ1v) is 7.97. The van der Waals surface area contributed by atoms with Crippen LogP contribution in [0.4, 0.5) is 0 Å². The third-order valence-electron chi connectivity index (χ3n) is 2.52. The molecule has 0 aliphatic carbocycles. The molecule has 1 rings (SSSR count). The van der Waals surface area contributed by atoms with Gasteiger partial charge in [0.2, 0.25) is 5.91 Å². The Bertz CT molecular complexity index is 454. The Morgan fingerprint density at radius 3 is 2.63 bits per heavy atom. The van der Waals surface area contributed by atoms with Crippen LogP contribution in [0.5, 0.6) is 0 Å². The summed E-state index contributed by atoms with van der Waals surface area (Å²) < 4.78 is 0.863. The van der Waals surface area contributed by atoms with E-state index in [0.717, 1.165) is 4.47 Å². The Balaban J connectivity index is 2.30. The molecule has 6 heteroatoms. The molecule has 0 saturated heterocycles. The smallest absolute Gasteiger partial charge is 0.251 e. The summed E-state index contributed by atoms with van der Waals surface area (Å²) >= 11 is 4.81. The molecule has 1 aromatic rings. The lowest BCUT2D eigenvalue weighted by Crippen LogP contribution is -2.37. The van der Waals surface area contributed by atoms with Crippen molar-refractivity contribution < 1.29 is 9.59 Å². The quantitative estimate of drug-likeness (QED) is 0.776. The highest BCUT2D eigenvalue weighted by molar-refractivity contribution is 9.10. The molecule has 0 bridgehead atoms. The highest BCUT2D eigenvalue weighted by Crippen LogP contribution is 2.11. The Kier molecular flexibility index (Phi) is 6.94. The zero-order chi connectivity index (χ0) is 14.3. The van der Waals surface area contributed by atoms with Gasteiger partial charge in [0.1, 0.15) is 0 Å². The van der Waals surface area contributed by atoms with Crippen LogP contribution in [0.25, 0.3) is 0 Å². The van der Waals surface area contributed by atoms with Crippen LogP contribution in [-0.4, -0.2) is 36.4 Å². The normalized spacial score (nSPS) is 11.7. The predicted molar refractivity (Wildman–Crippen MR) is 82.5 cm³/mol. The van der Waals surface area contributed by atoms with Crippen molar-refractivity contribution in [1.29, 1.82) is 0 Å². The number of thioether (sulfide) groups is 1. The van der Waals surface area contributed by atoms with Gasteiger partial charge >= 0.3 is 0 Å². The maximum Gasteiger partial charge on any atom is 0.251 e. The van der Waals surface area contributed by atoms with Gasteiger partial charge in [-0.2, -0.15) is 11.8 Å². The minimum atomic E-state index is -0.145. The fraction of sp³-hybridized carbons (Fsp3) is 0.385. The molecule has 0 aromatic heterocycles. The first-order valence-electron chi connectivity index (χ1n) is 5.89. The number of amides is 2. The van der Waals surface area contributed by atoms with E-state index in [1.807, 2.05) is 19.2 Å². The van der Waals surface area contributed by atoms with E-state index in [4.69, 9.17) is 0 Å². The molecule has 0 radical (unpaired) electrons. The summed E-state index contributed by atoms with van der Waals surface area (Å²) in [4.78, 5) is 23.3. The summed E-state index contributed by atoms with van der Waals surface area (Å²) in [6, 6.07) is 7.17. The zero-order valence-corrected chi connectivity index (χ0v) is 13.3. The average Bonchev–Trinajstić information content (AvgIpc) is 2.42. The van der Waals surface area contributed by atoms with Crippen molar-refractivity contribution in [3.63, 3.8) is 0 Å². The van der Waals surface area contributed by atoms with Crippen LogP contribution in [0.15, 0.2) is 28.7 Å². The van der Waals surface area contributed by atoms with Gasteiger partial charge in [-0.25, -0.2) is 0 Å². The number of benzene rings is 1. The second kappa shape index (κ2) is 8.22. The summed E-state index contributed by atoms with van der Waals surface area (Å²) in [6.07, 6.45) is 1.89. The van der Waals surface area contributed by atoms with Crippen molar-refractivity contribution in [2.24, 2.45) is 0 Å². The van der Waals surface area contributed by atoms with Crippen molar-refractivity contribution in [3.05, 3.63) is 34.3 Å². The Morgan fingerprint density at radius 2 is 2.00 bits per heavy atom. The van der Waals surface area contributed by atoms with Crippen molar-refractivity contribution >= 4 is 39.5 Å². The first kappa shape index (κ1) is 16.0. The number of hydrogen-bond donors (Lipinski definition) is 2. The van der Waals surface area contributed by atoms with Gasteiger partial charge in [0.05, 0.1) is 5.25 Å². The Morgan fingerprint density at radius 1 is 1.32 bits per heavy atom. The molecular formula is C13H17BrN2O2S. The fourth-order valence-electron chi connectivity index (χ4n) is 1.34. The van der Waals surface area contributed by atoms with E-state index in [-0.39, 0.29) is 17.1 Å². The van der Waals surface area contributed by atoms with Crippen molar-refractivity contribution in [2.75, 3.05) is 19.3 Å². The van der Waals surface area contributed by atoms with Gasteiger partial charge in [-0.1, -0.05) is 22.0 Å². The molecule has 104 valence electrons. The molecule has 0 heterocycles. The predicted octanol–water partition coefficient (Wildman–Crippen LogP) is 2.05. The Hall–Kier alpha value is -1.01. The van der Waals surface area contributed by atoms with Gasteiger partial charge in [-0.15, -0.1) is 0 Å². The Labute approximate surface area is 125 Å². The van der Waals surface area contributed by atoms with Crippen LogP contribution in [0.1, 0.15) is 17.3 Å². The summed E-state index contributed by atoms with van der Waals surface area (Å²) in [5, 5.41) is 5.46. The largest absolute Gasteiger partial charge is 0.353 e. The molecule has 0 fully saturated rings. The first-order chi connectivity index (χ1) is 9.04. The number of halogens is 1. The second-order valence-electron chi connectivity index (χ2n) is 3.94. The van der Waals surface area contributed by atoms with Crippen LogP contribution >= 0.6 is 27.7 Å². The van der Waals surface area contributed by atoms with E-state index in [1.165, 1.54) is 11.8 Å². The topological polar surface area (TPSA) is 58.2 Å². The third kappa shape index (κ3) is 5.65. The van der Waals surface area contributed by atoms with Crippen molar-refractivity contribution in [3.8, 4) is 0 Å². The molecule has 0 aliphatic rings. The van der Waals surface area contributed by atoms with Gasteiger partial charge < -0.3 is 10.6 Å². The number of rotatable bonds is 6. The number of hydrogen-bond acceptors (Lipinski definition) is 3. The minimum Gasteiger partial charge on any atom is -0.353 e. The summed E-state index contributed by atoms with van der Waals surface area (Å²) in [6.45, 7) is 2.70. The molecule has 2 amide bonds. The molecule has 0 saturated carbocycles. The van der Waals surface area contributed by atoms with E-state index >= 15 is 0 Å². The highest BCUT2D eigenvalue weighted by atomic mass is 79.9. The maximum atomic E-state index is 11.8. The zero-order valence-electron chi connectivity index (χ0n) is 10.9. The molecular weight excluding hydrogens is 328 g/mol. The molecule has 19 heavy (non-hydrogen) atoms. The van der Waals surface area contributed by atoms with Crippen LogP contribution in [0.2, 0.25) is 0 Å². The van der Waals surface area contributed by atoms with E-state index < -0.39 is 0 Å². The SMILES string of the molecule is CS[C@H](C)C(=O)NCCNC(=O)c1cccc(Br)c1. The molecule has 0 aliphatic heterocycles. The van der Waals surface area contributed by atoms with Gasteiger partial charge in [-0.3, -0.25) is 9.59 Å². The summed E-state index contributed by atoms with van der Waals surface area (Å²) in [5.41, 5.74) is 0.596. The molecule has 0 unspecified atom stereocenters. The summed E-state index contributed by atoms with van der Waals surface area (Å²) in [5.74, 6) is -0.155. The number of nitrogens with one attached hydrogen (secondary N) is 2. The highest BCUT2D eigenvalue weighted by Gasteiger charge is 2.10. The summed E-state index contributed by atoms with van der Waals surface area (Å²) in [7, 11) is 0. The monoisotopic (exact) mass is 344 g/mol. The van der Waals surface area contributed by atoms with Crippen LogP contribution in [0, 0.1) is 0 Å². The lowest BCUT2D eigenvalue weighted by molar-refractivity contribution is -0.120. The number of carbonyl (C=O) groups excluding carboxylic acids is 2. The van der Waals surface area contributed by atoms with E-state index in [0.29, 0.717) is 18.7 Å². The molecule has 1 aromatic carbocycles. The number of carbonyl (C=O) groups is 2. The second-order valence-corrected chi connectivity index (χ2v) is 6.03. The average molecular weight is 345 g/mol. The molecule has 2 N–H and O–H groups in total. The molecule has 4 nitrogen and oxygen atoms in total. The molecule has 1 atom stereocenters. The lowest BCUT2D eigenvalue weighted by Gasteiger charge is -2.10. The lowest BCUT2D eigenvalue weighted by atomic mass is 10.2. The van der Waals surface area contributed by atoms with E-state index in [2.05, 4.69) is 26.6 Å². The fourth-order valence-corrected chi connectivity index (χ4v) is 2.04. The van der Waals surface area contributed by atoms with Crippen LogP contribution in [0.3, 0.4) is 0 Å². The van der Waals surface area contributed by atoms with Gasteiger partial charge in [0.15, 0.2) is 0 Å². The maximum absolute atomic E-state index is 11.8.